The number of esters is 1. The minimum atomic E-state index is -0.551. The van der Waals surface area contributed by atoms with Crippen molar-refractivity contribution < 1.29 is 19.1 Å². The molecule has 138 valence electrons. The fourth-order valence-corrected chi connectivity index (χ4v) is 3.82. The van der Waals surface area contributed by atoms with Gasteiger partial charge in [-0.05, 0) is 37.6 Å². The van der Waals surface area contributed by atoms with Crippen LogP contribution in [0.25, 0.3) is 0 Å². The number of rotatable bonds is 5. The second-order valence-electron chi connectivity index (χ2n) is 5.14. The molecule has 2 rings (SSSR count). The zero-order valence-corrected chi connectivity index (χ0v) is 16.6. The Labute approximate surface area is 164 Å². The molecule has 0 spiro atoms. The number of hydrogen-bond donors (Lipinski definition) is 2. The number of benzene rings is 1. The molecule has 2 amide bonds. The monoisotopic (exact) mass is 414 g/mol. The van der Waals surface area contributed by atoms with E-state index in [9.17, 15) is 14.4 Å². The molecule has 2 N–H and O–H groups in total. The molecule has 26 heavy (non-hydrogen) atoms. The van der Waals surface area contributed by atoms with Gasteiger partial charge in [0.25, 0.3) is 11.8 Å². The number of anilines is 1. The summed E-state index contributed by atoms with van der Waals surface area (Å²) in [5.74, 6) is -1.49. The molecule has 9 heteroatoms. The Morgan fingerprint density at radius 1 is 1.19 bits per heavy atom. The molecule has 1 heterocycles. The number of ether oxygens (including phenoxy) is 1. The minimum absolute atomic E-state index is 0.176. The molecule has 0 aliphatic heterocycles. The molecular weight excluding hydrogens is 399 g/mol. The van der Waals surface area contributed by atoms with Crippen LogP contribution in [-0.2, 0) is 4.74 Å². The fourth-order valence-electron chi connectivity index (χ4n) is 2.24. The van der Waals surface area contributed by atoms with E-state index in [0.717, 1.165) is 11.3 Å². The number of nitrogens with one attached hydrogen (secondary N) is 2. The topological polar surface area (TPSA) is 84.5 Å². The Morgan fingerprint density at radius 3 is 2.46 bits per heavy atom. The van der Waals surface area contributed by atoms with Gasteiger partial charge in [0.15, 0.2) is 0 Å². The molecule has 1 aromatic carbocycles. The molecule has 0 fully saturated rings. The maximum Gasteiger partial charge on any atom is 0.348 e. The largest absolute Gasteiger partial charge is 0.462 e. The van der Waals surface area contributed by atoms with E-state index in [4.69, 9.17) is 27.9 Å². The maximum absolute atomic E-state index is 12.5. The van der Waals surface area contributed by atoms with Crippen LogP contribution in [0.3, 0.4) is 0 Å². The van der Waals surface area contributed by atoms with Crippen molar-refractivity contribution in [2.45, 2.75) is 13.8 Å². The average Bonchev–Trinajstić information content (AvgIpc) is 2.90. The third-order valence-electron chi connectivity index (χ3n) is 3.46. The minimum Gasteiger partial charge on any atom is -0.462 e. The molecule has 1 aromatic heterocycles. The number of carbonyl (C=O) groups is 3. The first-order chi connectivity index (χ1) is 12.3. The molecule has 0 aliphatic rings. The predicted octanol–water partition coefficient (Wildman–Crippen LogP) is 4.15. The lowest BCUT2D eigenvalue weighted by Crippen LogP contribution is -2.21. The molecule has 2 aromatic rings. The Hall–Kier alpha value is -2.09. The summed E-state index contributed by atoms with van der Waals surface area (Å²) in [7, 11) is 1.46. The summed E-state index contributed by atoms with van der Waals surface area (Å²) in [6.45, 7) is 3.51. The van der Waals surface area contributed by atoms with Gasteiger partial charge in [-0.3, -0.25) is 9.59 Å². The molecule has 0 saturated carbocycles. The van der Waals surface area contributed by atoms with Gasteiger partial charge in [0, 0.05) is 12.1 Å². The molecule has 0 unspecified atom stereocenters. The van der Waals surface area contributed by atoms with Gasteiger partial charge in [-0.2, -0.15) is 0 Å². The highest BCUT2D eigenvalue weighted by Gasteiger charge is 2.26. The normalized spacial score (nSPS) is 10.3. The highest BCUT2D eigenvalue weighted by molar-refractivity contribution is 7.18. The van der Waals surface area contributed by atoms with E-state index in [1.807, 2.05) is 0 Å². The van der Waals surface area contributed by atoms with Crippen molar-refractivity contribution in [2.75, 3.05) is 19.0 Å². The van der Waals surface area contributed by atoms with Crippen LogP contribution >= 0.6 is 34.5 Å². The lowest BCUT2D eigenvalue weighted by atomic mass is 10.1. The highest BCUT2D eigenvalue weighted by atomic mass is 35.5. The van der Waals surface area contributed by atoms with Crippen molar-refractivity contribution in [1.29, 1.82) is 0 Å². The van der Waals surface area contributed by atoms with Gasteiger partial charge in [-0.25, -0.2) is 4.79 Å². The van der Waals surface area contributed by atoms with E-state index in [1.165, 1.54) is 25.2 Å². The predicted molar refractivity (Wildman–Crippen MR) is 103 cm³/mol. The number of amides is 2. The zero-order valence-electron chi connectivity index (χ0n) is 14.2. The van der Waals surface area contributed by atoms with Gasteiger partial charge < -0.3 is 15.4 Å². The van der Waals surface area contributed by atoms with E-state index in [1.54, 1.807) is 13.8 Å². The van der Waals surface area contributed by atoms with Gasteiger partial charge >= 0.3 is 5.97 Å². The molecular formula is C17H16Cl2N2O4S. The van der Waals surface area contributed by atoms with Gasteiger partial charge in [-0.1, -0.05) is 23.2 Å². The molecule has 6 nitrogen and oxygen atoms in total. The SMILES string of the molecule is CCOC(=O)c1sc(NC(=O)c2ccc(Cl)cc2Cl)c(C(=O)NC)c1C. The van der Waals surface area contributed by atoms with Crippen LogP contribution in [0.1, 0.15) is 42.9 Å². The van der Waals surface area contributed by atoms with Crippen molar-refractivity contribution in [3.8, 4) is 0 Å². The molecule has 0 atom stereocenters. The van der Waals surface area contributed by atoms with E-state index >= 15 is 0 Å². The van der Waals surface area contributed by atoms with Crippen LogP contribution in [0.5, 0.6) is 0 Å². The van der Waals surface area contributed by atoms with Gasteiger partial charge in [0.2, 0.25) is 0 Å². The van der Waals surface area contributed by atoms with Crippen molar-refractivity contribution >= 4 is 57.3 Å². The van der Waals surface area contributed by atoms with E-state index in [0.29, 0.717) is 10.6 Å². The van der Waals surface area contributed by atoms with Crippen LogP contribution in [-0.4, -0.2) is 31.4 Å². The standard InChI is InChI=1S/C17H16Cl2N2O4S/c1-4-25-17(24)13-8(2)12(15(23)20-3)16(26-13)21-14(22)10-6-5-9(18)7-11(10)19/h5-7H,4H2,1-3H3,(H,20,23)(H,21,22). The lowest BCUT2D eigenvalue weighted by molar-refractivity contribution is 0.0531. The number of thiophene rings is 1. The Balaban J connectivity index is 2.44. The second-order valence-corrected chi connectivity index (χ2v) is 7.00. The van der Waals surface area contributed by atoms with E-state index < -0.39 is 17.8 Å². The quantitative estimate of drug-likeness (QED) is 0.719. The van der Waals surface area contributed by atoms with E-state index in [2.05, 4.69) is 10.6 Å². The van der Waals surface area contributed by atoms with Crippen LogP contribution in [0.2, 0.25) is 10.0 Å². The molecule has 0 aliphatic carbocycles. The van der Waals surface area contributed by atoms with Crippen LogP contribution < -0.4 is 10.6 Å². The first-order valence-corrected chi connectivity index (χ1v) is 9.16. The summed E-state index contributed by atoms with van der Waals surface area (Å²) >= 11 is 12.9. The summed E-state index contributed by atoms with van der Waals surface area (Å²) in [6, 6.07) is 4.46. The van der Waals surface area contributed by atoms with Crippen molar-refractivity contribution in [1.82, 2.24) is 5.32 Å². The van der Waals surface area contributed by atoms with Crippen molar-refractivity contribution in [2.24, 2.45) is 0 Å². The highest BCUT2D eigenvalue weighted by Crippen LogP contribution is 2.34. The first-order valence-electron chi connectivity index (χ1n) is 7.59. The summed E-state index contributed by atoms with van der Waals surface area (Å²) in [6.07, 6.45) is 0. The van der Waals surface area contributed by atoms with Gasteiger partial charge in [0.1, 0.15) is 9.88 Å². The summed E-state index contributed by atoms with van der Waals surface area (Å²) < 4.78 is 5.00. The Morgan fingerprint density at radius 2 is 1.88 bits per heavy atom. The number of carbonyl (C=O) groups excluding carboxylic acids is 3. The molecule has 0 radical (unpaired) electrons. The average molecular weight is 415 g/mol. The van der Waals surface area contributed by atoms with Gasteiger partial charge in [-0.15, -0.1) is 11.3 Å². The molecule has 0 saturated heterocycles. The fraction of sp³-hybridized carbons (Fsp3) is 0.235. The summed E-state index contributed by atoms with van der Waals surface area (Å²) in [4.78, 5) is 37.1. The number of halogens is 2. The zero-order chi connectivity index (χ0) is 19.4. The van der Waals surface area contributed by atoms with E-state index in [-0.39, 0.29) is 32.6 Å². The maximum atomic E-state index is 12.5. The Kier molecular flexibility index (Phi) is 6.63. The Bertz CT molecular complexity index is 880. The van der Waals surface area contributed by atoms with Gasteiger partial charge in [0.05, 0.1) is 22.8 Å². The third-order valence-corrected chi connectivity index (χ3v) is 5.20. The molecule has 0 bridgehead atoms. The second kappa shape index (κ2) is 8.53. The summed E-state index contributed by atoms with van der Waals surface area (Å²) in [5.41, 5.74) is 0.840. The third kappa shape index (κ3) is 4.17. The summed E-state index contributed by atoms with van der Waals surface area (Å²) in [5, 5.41) is 5.95. The van der Waals surface area contributed by atoms with Crippen LogP contribution in [0, 0.1) is 6.92 Å². The van der Waals surface area contributed by atoms with Crippen LogP contribution in [0.15, 0.2) is 18.2 Å². The first kappa shape index (κ1) is 20.2. The van der Waals surface area contributed by atoms with Crippen molar-refractivity contribution in [3.63, 3.8) is 0 Å². The smallest absolute Gasteiger partial charge is 0.348 e. The lowest BCUT2D eigenvalue weighted by Gasteiger charge is -2.08. The number of hydrogen-bond acceptors (Lipinski definition) is 5. The van der Waals surface area contributed by atoms with Crippen molar-refractivity contribution in [3.05, 3.63) is 49.8 Å². The van der Waals surface area contributed by atoms with Crippen LogP contribution in [0.4, 0.5) is 5.00 Å².